The normalized spacial score (nSPS) is 11.3. The Balaban J connectivity index is 1.67. The van der Waals surface area contributed by atoms with Crippen molar-refractivity contribution in [3.05, 3.63) is 103 Å². The first-order valence-corrected chi connectivity index (χ1v) is 12.1. The molecule has 0 aliphatic carbocycles. The second-order valence-corrected chi connectivity index (χ2v) is 9.39. The first kappa shape index (κ1) is 26.6. The Labute approximate surface area is 224 Å². The van der Waals surface area contributed by atoms with Gasteiger partial charge in [-0.1, -0.05) is 35.8 Å². The molecule has 0 saturated carbocycles. The number of halogens is 2. The fourth-order valence-corrected chi connectivity index (χ4v) is 3.92. The number of aromatic nitrogens is 2. The van der Waals surface area contributed by atoms with E-state index in [0.717, 1.165) is 10.7 Å². The van der Waals surface area contributed by atoms with E-state index in [-0.39, 0.29) is 28.6 Å². The predicted molar refractivity (Wildman–Crippen MR) is 144 cm³/mol. The third kappa shape index (κ3) is 6.09. The van der Waals surface area contributed by atoms with Crippen LogP contribution in [0, 0.1) is 15.9 Å². The van der Waals surface area contributed by atoms with Crippen molar-refractivity contribution in [1.29, 1.82) is 0 Å². The summed E-state index contributed by atoms with van der Waals surface area (Å²) in [6, 6.07) is 14.3. The van der Waals surface area contributed by atoms with E-state index in [9.17, 15) is 24.1 Å². The first-order valence-electron chi connectivity index (χ1n) is 11.4. The van der Waals surface area contributed by atoms with Crippen molar-refractivity contribution >= 4 is 50.3 Å². The molecule has 0 aliphatic rings. The van der Waals surface area contributed by atoms with Crippen molar-refractivity contribution < 1.29 is 18.8 Å². The van der Waals surface area contributed by atoms with Crippen LogP contribution in [0.4, 0.5) is 15.8 Å². The van der Waals surface area contributed by atoms with Gasteiger partial charge in [0.15, 0.2) is 6.61 Å². The number of nitro groups is 1. The van der Waals surface area contributed by atoms with Crippen LogP contribution in [0.5, 0.6) is 5.75 Å². The summed E-state index contributed by atoms with van der Waals surface area (Å²) < 4.78 is 20.8. The number of nitro benzene ring substituents is 1. The number of fused-ring (bicyclic) bond motifs is 1. The maximum Gasteiger partial charge on any atom is 0.282 e. The maximum atomic E-state index is 13.4. The monoisotopic (exact) mass is 581 g/mol. The molecule has 194 valence electrons. The highest BCUT2D eigenvalue weighted by atomic mass is 79.9. The largest absolute Gasteiger partial charge is 0.483 e. The highest BCUT2D eigenvalue weighted by Crippen LogP contribution is 2.24. The number of anilines is 1. The number of ether oxygens (including phenoxy) is 1. The number of nitrogens with zero attached hydrogens (tertiary/aromatic N) is 4. The van der Waals surface area contributed by atoms with Crippen molar-refractivity contribution in [2.75, 3.05) is 11.9 Å². The van der Waals surface area contributed by atoms with Crippen LogP contribution in [0.1, 0.15) is 31.2 Å². The minimum absolute atomic E-state index is 0.115. The molecule has 4 aromatic rings. The number of non-ortho nitro benzene ring substituents is 1. The average Bonchev–Trinajstić information content (AvgIpc) is 2.87. The summed E-state index contributed by atoms with van der Waals surface area (Å²) in [5, 5.41) is 18.5. The van der Waals surface area contributed by atoms with Crippen LogP contribution in [0.3, 0.4) is 0 Å². The minimum Gasteiger partial charge on any atom is -0.483 e. The van der Waals surface area contributed by atoms with Gasteiger partial charge in [0.05, 0.1) is 22.0 Å². The lowest BCUT2D eigenvalue weighted by Gasteiger charge is -2.13. The van der Waals surface area contributed by atoms with E-state index in [4.69, 9.17) is 4.74 Å². The van der Waals surface area contributed by atoms with Gasteiger partial charge in [0, 0.05) is 33.8 Å². The third-order valence-corrected chi connectivity index (χ3v) is 5.83. The zero-order valence-corrected chi connectivity index (χ0v) is 21.8. The third-order valence-electron chi connectivity index (χ3n) is 5.33. The van der Waals surface area contributed by atoms with Gasteiger partial charge in [0.1, 0.15) is 17.4 Å². The molecule has 0 fully saturated rings. The smallest absolute Gasteiger partial charge is 0.282 e. The van der Waals surface area contributed by atoms with Crippen molar-refractivity contribution in [2.24, 2.45) is 5.10 Å². The lowest BCUT2D eigenvalue weighted by atomic mass is 10.2. The Morgan fingerprint density at radius 3 is 2.74 bits per heavy atom. The summed E-state index contributed by atoms with van der Waals surface area (Å²) in [5.41, 5.74) is 0.268. The van der Waals surface area contributed by atoms with Crippen LogP contribution in [0.15, 0.2) is 75.0 Å². The summed E-state index contributed by atoms with van der Waals surface area (Å²) in [6.07, 6.45) is 1.24. The summed E-state index contributed by atoms with van der Waals surface area (Å²) >= 11 is 3.35. The quantitative estimate of drug-likeness (QED) is 0.172. The molecule has 38 heavy (non-hydrogen) atoms. The Morgan fingerprint density at radius 2 is 2.03 bits per heavy atom. The molecular weight excluding hydrogens is 561 g/mol. The van der Waals surface area contributed by atoms with E-state index in [1.54, 1.807) is 18.2 Å². The van der Waals surface area contributed by atoms with Crippen molar-refractivity contribution in [1.82, 2.24) is 9.66 Å². The van der Waals surface area contributed by atoms with E-state index in [2.05, 4.69) is 31.3 Å². The lowest BCUT2D eigenvalue weighted by molar-refractivity contribution is -0.384. The molecule has 0 radical (unpaired) electrons. The Hall–Kier alpha value is -4.45. The fraction of sp³-hybridized carbons (Fsp3) is 0.154. The Kier molecular flexibility index (Phi) is 7.91. The zero-order valence-electron chi connectivity index (χ0n) is 20.2. The molecular formula is C26H21BrFN5O5. The molecule has 0 atom stereocenters. The Bertz CT molecular complexity index is 1640. The lowest BCUT2D eigenvalue weighted by Crippen LogP contribution is -2.23. The predicted octanol–water partition coefficient (Wildman–Crippen LogP) is 5.23. The van der Waals surface area contributed by atoms with Gasteiger partial charge in [-0.3, -0.25) is 19.7 Å². The average molecular weight is 582 g/mol. The van der Waals surface area contributed by atoms with Crippen LogP contribution >= 0.6 is 15.9 Å². The van der Waals surface area contributed by atoms with Crippen molar-refractivity contribution in [3.8, 4) is 5.75 Å². The van der Waals surface area contributed by atoms with E-state index in [1.807, 2.05) is 13.8 Å². The highest BCUT2D eigenvalue weighted by Gasteiger charge is 2.16. The number of amides is 1. The molecule has 0 bridgehead atoms. The molecule has 1 aromatic heterocycles. The molecule has 0 unspecified atom stereocenters. The van der Waals surface area contributed by atoms with Gasteiger partial charge in [-0.25, -0.2) is 9.37 Å². The van der Waals surface area contributed by atoms with Crippen LogP contribution in [-0.2, 0) is 4.79 Å². The van der Waals surface area contributed by atoms with Gasteiger partial charge in [0.25, 0.3) is 17.2 Å². The van der Waals surface area contributed by atoms with Gasteiger partial charge in [0.2, 0.25) is 0 Å². The first-order chi connectivity index (χ1) is 18.1. The van der Waals surface area contributed by atoms with Gasteiger partial charge in [-0.15, -0.1) is 0 Å². The van der Waals surface area contributed by atoms with Crippen LogP contribution < -0.4 is 15.6 Å². The molecule has 0 saturated heterocycles. The summed E-state index contributed by atoms with van der Waals surface area (Å²) in [6.45, 7) is 3.26. The second-order valence-electron chi connectivity index (χ2n) is 8.47. The van der Waals surface area contributed by atoms with Gasteiger partial charge >= 0.3 is 0 Å². The SMILES string of the molecule is CC(C)c1nc2ccc(Br)cc2c(=O)n1N=Cc1cc([N+](=O)[O-])ccc1OCC(=O)Nc1cccc(F)c1. The molecule has 0 aliphatic heterocycles. The van der Waals surface area contributed by atoms with Crippen LogP contribution in [-0.4, -0.2) is 33.3 Å². The molecule has 1 heterocycles. The number of hydrogen-bond donors (Lipinski definition) is 1. The van der Waals surface area contributed by atoms with E-state index >= 15 is 0 Å². The van der Waals surface area contributed by atoms with E-state index in [1.165, 1.54) is 42.6 Å². The summed E-state index contributed by atoms with van der Waals surface area (Å²) in [7, 11) is 0. The van der Waals surface area contributed by atoms with Crippen LogP contribution in [0.2, 0.25) is 0 Å². The molecule has 0 spiro atoms. The summed E-state index contributed by atoms with van der Waals surface area (Å²) in [4.78, 5) is 40.9. The maximum absolute atomic E-state index is 13.4. The standard InChI is InChI=1S/C26H21BrFN5O5/c1-15(2)25-31-22-8-6-17(27)11-21(22)26(35)32(25)29-13-16-10-20(33(36)37)7-9-23(16)38-14-24(34)30-19-5-3-4-18(28)12-19/h3-13,15H,14H2,1-2H3,(H,30,34). The number of nitrogens with one attached hydrogen (secondary N) is 1. The number of benzene rings is 3. The topological polar surface area (TPSA) is 129 Å². The van der Waals surface area contributed by atoms with Crippen molar-refractivity contribution in [3.63, 3.8) is 0 Å². The molecule has 1 N–H and O–H groups in total. The van der Waals surface area contributed by atoms with E-state index in [0.29, 0.717) is 21.2 Å². The van der Waals surface area contributed by atoms with Gasteiger partial charge in [-0.2, -0.15) is 9.78 Å². The zero-order chi connectivity index (χ0) is 27.4. The van der Waals surface area contributed by atoms with Crippen molar-refractivity contribution in [2.45, 2.75) is 19.8 Å². The van der Waals surface area contributed by atoms with E-state index < -0.39 is 28.8 Å². The highest BCUT2D eigenvalue weighted by molar-refractivity contribution is 9.10. The molecule has 3 aromatic carbocycles. The summed E-state index contributed by atoms with van der Waals surface area (Å²) in [5.74, 6) is -0.739. The second kappa shape index (κ2) is 11.3. The number of rotatable bonds is 8. The van der Waals surface area contributed by atoms with Gasteiger partial charge < -0.3 is 10.1 Å². The molecule has 1 amide bonds. The number of carbonyl (C=O) groups excluding carboxylic acids is 1. The van der Waals surface area contributed by atoms with Gasteiger partial charge in [-0.05, 0) is 42.5 Å². The molecule has 12 heteroatoms. The fourth-order valence-electron chi connectivity index (χ4n) is 3.56. The minimum atomic E-state index is -0.585. The number of hydrogen-bond acceptors (Lipinski definition) is 7. The number of carbonyl (C=O) groups is 1. The molecule has 4 rings (SSSR count). The van der Waals surface area contributed by atoms with Crippen LogP contribution in [0.25, 0.3) is 10.9 Å². The Morgan fingerprint density at radius 1 is 1.24 bits per heavy atom. The molecule has 10 nitrogen and oxygen atoms in total.